The molecule has 4 aromatic carbocycles. The van der Waals surface area contributed by atoms with Crippen LogP contribution in [0.1, 0.15) is 27.8 Å². The van der Waals surface area contributed by atoms with Crippen molar-refractivity contribution in [1.29, 1.82) is 0 Å². The van der Waals surface area contributed by atoms with E-state index in [0.29, 0.717) is 18.1 Å². The van der Waals surface area contributed by atoms with Crippen LogP contribution in [0, 0.1) is 13.8 Å². The number of ether oxygens (including phenoxy) is 2. The lowest BCUT2D eigenvalue weighted by atomic mass is 10.0. The number of amides is 1. The molecule has 0 aliphatic carbocycles. The second-order valence-electron chi connectivity index (χ2n) is 8.24. The van der Waals surface area contributed by atoms with E-state index in [-0.39, 0.29) is 12.3 Å². The molecule has 0 atom stereocenters. The molecule has 34 heavy (non-hydrogen) atoms. The molecule has 0 radical (unpaired) electrons. The Morgan fingerprint density at radius 2 is 1.74 bits per heavy atom. The van der Waals surface area contributed by atoms with Gasteiger partial charge >= 0.3 is 0 Å². The highest BCUT2D eigenvalue weighted by Gasteiger charge is 2.08. The Morgan fingerprint density at radius 1 is 0.912 bits per heavy atom. The minimum Gasteiger partial charge on any atom is -0.493 e. The summed E-state index contributed by atoms with van der Waals surface area (Å²) in [5.74, 6) is 1.09. The molecule has 4 aromatic rings. The fourth-order valence-corrected chi connectivity index (χ4v) is 3.89. The van der Waals surface area contributed by atoms with Gasteiger partial charge < -0.3 is 9.47 Å². The lowest BCUT2D eigenvalue weighted by Gasteiger charge is -2.12. The van der Waals surface area contributed by atoms with Crippen LogP contribution >= 0.6 is 0 Å². The predicted molar refractivity (Wildman–Crippen MR) is 137 cm³/mol. The fraction of sp³-hybridized carbons (Fsp3) is 0.172. The van der Waals surface area contributed by atoms with Crippen molar-refractivity contribution in [2.24, 2.45) is 5.10 Å². The number of fused-ring (bicyclic) bond motifs is 1. The Labute approximate surface area is 200 Å². The van der Waals surface area contributed by atoms with Gasteiger partial charge in [-0.1, -0.05) is 66.2 Å². The van der Waals surface area contributed by atoms with Gasteiger partial charge in [-0.3, -0.25) is 4.79 Å². The first-order valence-corrected chi connectivity index (χ1v) is 11.2. The van der Waals surface area contributed by atoms with Gasteiger partial charge in [0.15, 0.2) is 11.5 Å². The van der Waals surface area contributed by atoms with Crippen LogP contribution in [0.2, 0.25) is 0 Å². The zero-order valence-electron chi connectivity index (χ0n) is 19.7. The number of carbonyl (C=O) groups is 1. The summed E-state index contributed by atoms with van der Waals surface area (Å²) in [7, 11) is 1.60. The SMILES string of the molecule is COc1cc(/C=N\NC(=O)Cc2ccc(C)cc2C)ccc1OCc1cccc2ccccc12. The number of carbonyl (C=O) groups excluding carboxylic acids is 1. The third kappa shape index (κ3) is 5.62. The Hall–Kier alpha value is -4.12. The molecular formula is C29H28N2O3. The van der Waals surface area contributed by atoms with Crippen LogP contribution in [0.3, 0.4) is 0 Å². The Balaban J connectivity index is 1.38. The minimum absolute atomic E-state index is 0.162. The lowest BCUT2D eigenvalue weighted by Crippen LogP contribution is -2.20. The number of hydrogen-bond donors (Lipinski definition) is 1. The summed E-state index contributed by atoms with van der Waals surface area (Å²) in [6, 6.07) is 26.1. The number of hydrogen-bond acceptors (Lipinski definition) is 4. The van der Waals surface area contributed by atoms with E-state index in [1.54, 1.807) is 13.3 Å². The van der Waals surface area contributed by atoms with Crippen molar-refractivity contribution in [3.05, 3.63) is 107 Å². The first-order valence-electron chi connectivity index (χ1n) is 11.2. The average Bonchev–Trinajstić information content (AvgIpc) is 2.84. The predicted octanol–water partition coefficient (Wildman–Crippen LogP) is 5.74. The van der Waals surface area contributed by atoms with E-state index in [1.807, 2.05) is 62.4 Å². The summed E-state index contributed by atoms with van der Waals surface area (Å²) in [6.45, 7) is 4.48. The molecule has 172 valence electrons. The maximum Gasteiger partial charge on any atom is 0.244 e. The second-order valence-corrected chi connectivity index (χ2v) is 8.24. The van der Waals surface area contributed by atoms with Crippen LogP contribution in [-0.2, 0) is 17.8 Å². The molecule has 0 spiro atoms. The number of nitrogens with one attached hydrogen (secondary N) is 1. The molecule has 1 amide bonds. The zero-order chi connectivity index (χ0) is 23.9. The standard InChI is InChI=1S/C29H28N2O3/c1-20-11-13-24(21(2)15-20)17-29(32)31-30-18-22-12-14-27(28(16-22)33-3)34-19-25-9-6-8-23-7-4-5-10-26(23)25/h4-16,18H,17,19H2,1-3H3,(H,31,32)/b30-18-. The van der Waals surface area contributed by atoms with Crippen LogP contribution < -0.4 is 14.9 Å². The highest BCUT2D eigenvalue weighted by molar-refractivity contribution is 5.86. The summed E-state index contributed by atoms with van der Waals surface area (Å²) in [5.41, 5.74) is 7.77. The van der Waals surface area contributed by atoms with Gasteiger partial charge in [0.25, 0.3) is 0 Å². The molecule has 0 unspecified atom stereocenters. The monoisotopic (exact) mass is 452 g/mol. The largest absolute Gasteiger partial charge is 0.493 e. The van der Waals surface area contributed by atoms with Crippen molar-refractivity contribution in [2.75, 3.05) is 7.11 Å². The topological polar surface area (TPSA) is 59.9 Å². The number of benzene rings is 4. The van der Waals surface area contributed by atoms with E-state index in [0.717, 1.165) is 22.3 Å². The van der Waals surface area contributed by atoms with Crippen molar-refractivity contribution in [2.45, 2.75) is 26.9 Å². The number of rotatable bonds is 8. The fourth-order valence-electron chi connectivity index (χ4n) is 3.89. The Morgan fingerprint density at radius 3 is 2.56 bits per heavy atom. The van der Waals surface area contributed by atoms with Crippen molar-refractivity contribution in [3.63, 3.8) is 0 Å². The van der Waals surface area contributed by atoms with Gasteiger partial charge in [-0.2, -0.15) is 5.10 Å². The number of hydrazone groups is 1. The first-order chi connectivity index (χ1) is 16.5. The summed E-state index contributed by atoms with van der Waals surface area (Å²) in [5, 5.41) is 6.45. The molecule has 1 N–H and O–H groups in total. The average molecular weight is 453 g/mol. The van der Waals surface area contributed by atoms with Gasteiger partial charge in [0, 0.05) is 0 Å². The van der Waals surface area contributed by atoms with Crippen LogP contribution in [0.5, 0.6) is 11.5 Å². The van der Waals surface area contributed by atoms with Crippen molar-refractivity contribution in [1.82, 2.24) is 5.43 Å². The van der Waals surface area contributed by atoms with E-state index in [4.69, 9.17) is 9.47 Å². The van der Waals surface area contributed by atoms with Gasteiger partial charge in [-0.15, -0.1) is 0 Å². The maximum absolute atomic E-state index is 12.3. The quantitative estimate of drug-likeness (QED) is 0.274. The van der Waals surface area contributed by atoms with Crippen molar-refractivity contribution in [3.8, 4) is 11.5 Å². The van der Waals surface area contributed by atoms with Gasteiger partial charge in [0.2, 0.25) is 5.91 Å². The molecule has 0 saturated heterocycles. The van der Waals surface area contributed by atoms with Crippen LogP contribution in [0.25, 0.3) is 10.8 Å². The Bertz CT molecular complexity index is 1340. The number of aryl methyl sites for hydroxylation is 2. The highest BCUT2D eigenvalue weighted by atomic mass is 16.5. The van der Waals surface area contributed by atoms with Crippen LogP contribution in [0.15, 0.2) is 84.0 Å². The Kier molecular flexibility index (Phi) is 7.23. The normalized spacial score (nSPS) is 11.0. The van der Waals surface area contributed by atoms with E-state index < -0.39 is 0 Å². The van der Waals surface area contributed by atoms with Crippen LogP contribution in [-0.4, -0.2) is 19.2 Å². The van der Waals surface area contributed by atoms with E-state index >= 15 is 0 Å². The molecule has 5 heteroatoms. The molecule has 4 rings (SSSR count). The molecule has 0 aliphatic rings. The highest BCUT2D eigenvalue weighted by Crippen LogP contribution is 2.29. The molecule has 5 nitrogen and oxygen atoms in total. The molecule has 0 saturated carbocycles. The molecular weight excluding hydrogens is 424 g/mol. The molecule has 0 fully saturated rings. The molecule has 0 heterocycles. The van der Waals surface area contributed by atoms with Gasteiger partial charge in [0.05, 0.1) is 19.7 Å². The molecule has 0 aliphatic heterocycles. The lowest BCUT2D eigenvalue weighted by molar-refractivity contribution is -0.120. The smallest absolute Gasteiger partial charge is 0.244 e. The number of nitrogens with zero attached hydrogens (tertiary/aromatic N) is 1. The van der Waals surface area contributed by atoms with E-state index in [1.165, 1.54) is 16.3 Å². The zero-order valence-corrected chi connectivity index (χ0v) is 19.7. The van der Waals surface area contributed by atoms with Crippen molar-refractivity contribution >= 4 is 22.9 Å². The van der Waals surface area contributed by atoms with Gasteiger partial charge in [-0.05, 0) is 65.1 Å². The molecule has 0 aromatic heterocycles. The molecule has 0 bridgehead atoms. The summed E-state index contributed by atoms with van der Waals surface area (Å²) < 4.78 is 11.6. The summed E-state index contributed by atoms with van der Waals surface area (Å²) in [6.07, 6.45) is 1.88. The summed E-state index contributed by atoms with van der Waals surface area (Å²) in [4.78, 5) is 12.3. The third-order valence-corrected chi connectivity index (χ3v) is 5.70. The van der Waals surface area contributed by atoms with E-state index in [9.17, 15) is 4.79 Å². The minimum atomic E-state index is -0.162. The second kappa shape index (κ2) is 10.7. The maximum atomic E-state index is 12.3. The van der Waals surface area contributed by atoms with Crippen LogP contribution in [0.4, 0.5) is 0 Å². The first kappa shape index (κ1) is 23.1. The third-order valence-electron chi connectivity index (χ3n) is 5.70. The van der Waals surface area contributed by atoms with Gasteiger partial charge in [-0.25, -0.2) is 5.43 Å². The van der Waals surface area contributed by atoms with Gasteiger partial charge in [0.1, 0.15) is 6.61 Å². The van der Waals surface area contributed by atoms with E-state index in [2.05, 4.69) is 40.9 Å². The number of methoxy groups -OCH3 is 1. The van der Waals surface area contributed by atoms with Crippen molar-refractivity contribution < 1.29 is 14.3 Å². The summed E-state index contributed by atoms with van der Waals surface area (Å²) >= 11 is 0.